The molecule has 2 fully saturated rings. The number of nitrogens with zero attached hydrogens (tertiary/aromatic N) is 2. The van der Waals surface area contributed by atoms with Gasteiger partial charge >= 0.3 is 0 Å². The molecule has 5 nitrogen and oxygen atoms in total. The van der Waals surface area contributed by atoms with E-state index in [1.807, 2.05) is 6.92 Å². The molecule has 1 aliphatic carbocycles. The van der Waals surface area contributed by atoms with E-state index in [2.05, 4.69) is 23.0 Å². The molecule has 0 bridgehead atoms. The Morgan fingerprint density at radius 1 is 1.32 bits per heavy atom. The molecule has 0 N–H and O–H groups in total. The Kier molecular flexibility index (Phi) is 6.34. The highest BCUT2D eigenvalue weighted by Gasteiger charge is 2.42. The van der Waals surface area contributed by atoms with Gasteiger partial charge in [-0.15, -0.1) is 0 Å². The Labute approximate surface area is 154 Å². The van der Waals surface area contributed by atoms with Crippen LogP contribution in [0.3, 0.4) is 0 Å². The largest absolute Gasteiger partial charge is 0.766 e. The van der Waals surface area contributed by atoms with Crippen LogP contribution < -0.4 is 0 Å². The van der Waals surface area contributed by atoms with Gasteiger partial charge in [-0.05, 0) is 56.8 Å². The van der Waals surface area contributed by atoms with Crippen LogP contribution in [0.4, 0.5) is 0 Å². The van der Waals surface area contributed by atoms with E-state index in [0.29, 0.717) is 12.3 Å². The summed E-state index contributed by atoms with van der Waals surface area (Å²) in [4.78, 5) is 12.2. The summed E-state index contributed by atoms with van der Waals surface area (Å²) in [6.07, 6.45) is 9.73. The number of allylic oxidation sites excluding steroid dienone is 2. The number of rotatable bonds is 4. The highest BCUT2D eigenvalue weighted by molar-refractivity contribution is 7.95. The van der Waals surface area contributed by atoms with Gasteiger partial charge < -0.3 is 9.56 Å². The van der Waals surface area contributed by atoms with Crippen molar-refractivity contribution >= 4 is 16.2 Å². The SMILES string of the molecule is CCC(C(=O)S(=O)[O-])C1CCN(N2CCCC(C)C2)C2=CCCCC21. The molecule has 3 rings (SSSR count). The molecular formula is C19H31N2O3S-. The minimum absolute atomic E-state index is 0.167. The smallest absolute Gasteiger partial charge is 0.208 e. The highest BCUT2D eigenvalue weighted by Crippen LogP contribution is 2.44. The second-order valence-corrected chi connectivity index (χ2v) is 8.84. The Hall–Kier alpha value is -0.720. The summed E-state index contributed by atoms with van der Waals surface area (Å²) in [6.45, 7) is 7.39. The average molecular weight is 368 g/mol. The average Bonchev–Trinajstić information content (AvgIpc) is 2.62. The van der Waals surface area contributed by atoms with E-state index in [9.17, 15) is 13.6 Å². The van der Waals surface area contributed by atoms with Crippen molar-refractivity contribution in [3.63, 3.8) is 0 Å². The molecule has 6 heteroatoms. The van der Waals surface area contributed by atoms with E-state index in [0.717, 1.165) is 51.2 Å². The molecule has 0 amide bonds. The van der Waals surface area contributed by atoms with Crippen molar-refractivity contribution in [2.75, 3.05) is 19.6 Å². The third-order valence-electron chi connectivity index (χ3n) is 6.34. The van der Waals surface area contributed by atoms with Gasteiger partial charge in [0.25, 0.3) is 0 Å². The normalized spacial score (nSPS) is 33.3. The standard InChI is InChI=1S/C19H32N2O3S/c1-3-15(19(22)25(23)24)16-10-12-21(18-9-5-4-8-17(16)18)20-11-6-7-14(2)13-20/h9,14-17H,3-8,10-13H2,1-2H3,(H,23,24)/p-1. The van der Waals surface area contributed by atoms with Crippen LogP contribution in [0.1, 0.15) is 58.8 Å². The molecule has 5 atom stereocenters. The van der Waals surface area contributed by atoms with Crippen molar-refractivity contribution in [3.8, 4) is 0 Å². The number of fused-ring (bicyclic) bond motifs is 1. The van der Waals surface area contributed by atoms with E-state index < -0.39 is 16.2 Å². The number of carbonyl (C=O) groups excluding carboxylic acids is 1. The zero-order valence-corrected chi connectivity index (χ0v) is 16.3. The fraction of sp³-hybridized carbons (Fsp3) is 0.842. The second-order valence-electron chi connectivity index (χ2n) is 7.97. The van der Waals surface area contributed by atoms with Crippen molar-refractivity contribution in [3.05, 3.63) is 11.8 Å². The molecule has 25 heavy (non-hydrogen) atoms. The summed E-state index contributed by atoms with van der Waals surface area (Å²) in [7, 11) is 0. The van der Waals surface area contributed by atoms with Crippen LogP contribution in [0.15, 0.2) is 11.8 Å². The molecule has 0 radical (unpaired) electrons. The van der Waals surface area contributed by atoms with Crippen molar-refractivity contribution in [2.45, 2.75) is 58.8 Å². The molecule has 0 aromatic rings. The van der Waals surface area contributed by atoms with Gasteiger partial charge in [0.2, 0.25) is 5.12 Å². The van der Waals surface area contributed by atoms with Crippen molar-refractivity contribution < 1.29 is 13.6 Å². The third kappa shape index (κ3) is 4.01. The Bertz CT molecular complexity index is 551. The van der Waals surface area contributed by atoms with Crippen LogP contribution in [0.2, 0.25) is 0 Å². The fourth-order valence-corrected chi connectivity index (χ4v) is 5.75. The summed E-state index contributed by atoms with van der Waals surface area (Å²) in [6, 6.07) is 0. The van der Waals surface area contributed by atoms with Crippen molar-refractivity contribution in [1.29, 1.82) is 0 Å². The quantitative estimate of drug-likeness (QED) is 0.715. The second kappa shape index (κ2) is 8.31. The molecule has 0 saturated carbocycles. The number of hydrogen-bond donors (Lipinski definition) is 0. The molecule has 142 valence electrons. The van der Waals surface area contributed by atoms with Crippen molar-refractivity contribution in [2.24, 2.45) is 23.7 Å². The molecule has 2 aliphatic heterocycles. The van der Waals surface area contributed by atoms with Crippen LogP contribution in [0, 0.1) is 23.7 Å². The first-order valence-corrected chi connectivity index (χ1v) is 11.0. The van der Waals surface area contributed by atoms with Gasteiger partial charge in [0.05, 0.1) is 0 Å². The summed E-state index contributed by atoms with van der Waals surface area (Å²) < 4.78 is 22.5. The lowest BCUT2D eigenvalue weighted by molar-refractivity contribution is -0.120. The van der Waals surface area contributed by atoms with E-state index in [1.165, 1.54) is 18.5 Å². The summed E-state index contributed by atoms with van der Waals surface area (Å²) in [5.41, 5.74) is 1.36. The van der Waals surface area contributed by atoms with Crippen LogP contribution in [-0.4, -0.2) is 43.5 Å². The predicted octanol–water partition coefficient (Wildman–Crippen LogP) is 3.07. The van der Waals surface area contributed by atoms with Crippen LogP contribution in [-0.2, 0) is 15.9 Å². The lowest BCUT2D eigenvalue weighted by Crippen LogP contribution is -2.53. The fourth-order valence-electron chi connectivity index (χ4n) is 5.16. The number of carbonyl (C=O) groups is 1. The van der Waals surface area contributed by atoms with Crippen LogP contribution in [0.25, 0.3) is 0 Å². The molecule has 2 heterocycles. The summed E-state index contributed by atoms with van der Waals surface area (Å²) >= 11 is -2.60. The minimum atomic E-state index is -2.60. The molecule has 0 aromatic carbocycles. The Balaban J connectivity index is 1.81. The molecule has 0 spiro atoms. The number of hydrogen-bond acceptors (Lipinski definition) is 5. The monoisotopic (exact) mass is 367 g/mol. The topological polar surface area (TPSA) is 63.7 Å². The molecule has 2 saturated heterocycles. The van der Waals surface area contributed by atoms with E-state index in [-0.39, 0.29) is 11.8 Å². The zero-order chi connectivity index (χ0) is 18.0. The lowest BCUT2D eigenvalue weighted by Gasteiger charge is -2.51. The van der Waals surface area contributed by atoms with Crippen molar-refractivity contribution in [1.82, 2.24) is 10.0 Å². The van der Waals surface area contributed by atoms with E-state index >= 15 is 0 Å². The maximum atomic E-state index is 12.2. The lowest BCUT2D eigenvalue weighted by atomic mass is 9.71. The van der Waals surface area contributed by atoms with Crippen LogP contribution >= 0.6 is 0 Å². The van der Waals surface area contributed by atoms with Gasteiger partial charge in [0, 0.05) is 48.2 Å². The minimum Gasteiger partial charge on any atom is -0.766 e. The molecular weight excluding hydrogens is 336 g/mol. The van der Waals surface area contributed by atoms with E-state index in [4.69, 9.17) is 0 Å². The highest BCUT2D eigenvalue weighted by atomic mass is 32.2. The summed E-state index contributed by atoms with van der Waals surface area (Å²) in [5, 5.41) is 4.39. The number of piperidine rings is 2. The Morgan fingerprint density at radius 2 is 2.12 bits per heavy atom. The zero-order valence-electron chi connectivity index (χ0n) is 15.5. The molecule has 5 unspecified atom stereocenters. The summed E-state index contributed by atoms with van der Waals surface area (Å²) in [5.74, 6) is 0.867. The maximum absolute atomic E-state index is 12.2. The molecule has 3 aliphatic rings. The number of hydrazine groups is 1. The van der Waals surface area contributed by atoms with E-state index in [1.54, 1.807) is 0 Å². The third-order valence-corrected chi connectivity index (χ3v) is 6.97. The van der Waals surface area contributed by atoms with Gasteiger partial charge in [-0.3, -0.25) is 9.00 Å². The maximum Gasteiger partial charge on any atom is 0.208 e. The predicted molar refractivity (Wildman–Crippen MR) is 97.9 cm³/mol. The first-order valence-electron chi connectivity index (χ1n) is 9.88. The Morgan fingerprint density at radius 3 is 2.80 bits per heavy atom. The molecule has 0 aromatic heterocycles. The van der Waals surface area contributed by atoms with Gasteiger partial charge in [0.15, 0.2) is 0 Å². The van der Waals surface area contributed by atoms with Gasteiger partial charge in [-0.2, -0.15) is 0 Å². The van der Waals surface area contributed by atoms with Gasteiger partial charge in [-0.1, -0.05) is 19.9 Å². The van der Waals surface area contributed by atoms with Gasteiger partial charge in [0.1, 0.15) is 0 Å². The van der Waals surface area contributed by atoms with Gasteiger partial charge in [-0.25, -0.2) is 5.01 Å². The van der Waals surface area contributed by atoms with Crippen LogP contribution in [0.5, 0.6) is 0 Å². The first-order chi connectivity index (χ1) is 12.0. The first kappa shape index (κ1) is 19.1.